The fourth-order valence-corrected chi connectivity index (χ4v) is 5.09. The van der Waals surface area contributed by atoms with Crippen molar-refractivity contribution in [2.45, 2.75) is 64.3 Å². The van der Waals surface area contributed by atoms with Gasteiger partial charge in [0.2, 0.25) is 10.0 Å². The third-order valence-electron chi connectivity index (χ3n) is 4.40. The lowest BCUT2D eigenvalue weighted by atomic mass is 9.90. The normalized spacial score (nSPS) is 19.6. The third-order valence-corrected chi connectivity index (χ3v) is 6.32. The zero-order valence-electron chi connectivity index (χ0n) is 13.6. The van der Waals surface area contributed by atoms with E-state index in [0.717, 1.165) is 32.1 Å². The number of nitrogens with two attached hydrogens (primary N) is 1. The lowest BCUT2D eigenvalue weighted by molar-refractivity contribution is 0.151. The zero-order chi connectivity index (χ0) is 15.8. The molecular formula is C15H32N2O3S. The summed E-state index contributed by atoms with van der Waals surface area (Å²) < 4.78 is 32.5. The molecule has 0 aromatic carbocycles. The second-order valence-corrected chi connectivity index (χ2v) is 7.94. The maximum atomic E-state index is 12.8. The Morgan fingerprint density at radius 1 is 1.14 bits per heavy atom. The molecule has 0 heterocycles. The molecule has 0 radical (unpaired) electrons. The van der Waals surface area contributed by atoms with Gasteiger partial charge in [-0.3, -0.25) is 0 Å². The molecule has 6 heteroatoms. The molecule has 0 atom stereocenters. The molecule has 0 unspecified atom stereocenters. The van der Waals surface area contributed by atoms with Gasteiger partial charge < -0.3 is 10.5 Å². The van der Waals surface area contributed by atoms with Gasteiger partial charge in [-0.2, -0.15) is 4.31 Å². The van der Waals surface area contributed by atoms with Crippen LogP contribution in [0.2, 0.25) is 0 Å². The van der Waals surface area contributed by atoms with Crippen LogP contribution in [0.4, 0.5) is 0 Å². The van der Waals surface area contributed by atoms with Crippen LogP contribution in [-0.2, 0) is 14.8 Å². The van der Waals surface area contributed by atoms with Crippen molar-refractivity contribution in [1.82, 2.24) is 4.31 Å². The summed E-state index contributed by atoms with van der Waals surface area (Å²) in [5.74, 6) is 0.0581. The standard InChI is InChI=1S/C15H32N2O3S/c1-3-11-17(21(18,19)13-12-20-4-2)15(14-16)9-7-5-6-8-10-15/h3-14,16H2,1-2H3. The summed E-state index contributed by atoms with van der Waals surface area (Å²) in [4.78, 5) is 0. The van der Waals surface area contributed by atoms with E-state index in [4.69, 9.17) is 10.5 Å². The Balaban J connectivity index is 2.95. The molecule has 1 saturated carbocycles. The van der Waals surface area contributed by atoms with E-state index < -0.39 is 10.0 Å². The largest absolute Gasteiger partial charge is 0.381 e. The first-order valence-corrected chi connectivity index (χ1v) is 9.91. The highest BCUT2D eigenvalue weighted by Gasteiger charge is 2.41. The molecule has 0 aliphatic heterocycles. The van der Waals surface area contributed by atoms with Crippen molar-refractivity contribution in [2.75, 3.05) is 32.1 Å². The number of hydrogen-bond acceptors (Lipinski definition) is 4. The summed E-state index contributed by atoms with van der Waals surface area (Å²) in [6.07, 6.45) is 7.09. The molecule has 21 heavy (non-hydrogen) atoms. The highest BCUT2D eigenvalue weighted by Crippen LogP contribution is 2.34. The molecule has 5 nitrogen and oxygen atoms in total. The van der Waals surface area contributed by atoms with Crippen molar-refractivity contribution >= 4 is 10.0 Å². The van der Waals surface area contributed by atoms with Crippen molar-refractivity contribution in [3.63, 3.8) is 0 Å². The van der Waals surface area contributed by atoms with Crippen molar-refractivity contribution in [2.24, 2.45) is 5.73 Å². The SMILES string of the molecule is CCCN(C1(CN)CCCCCC1)S(=O)(=O)CCOCC. The average molecular weight is 320 g/mol. The van der Waals surface area contributed by atoms with Gasteiger partial charge in [0.25, 0.3) is 0 Å². The van der Waals surface area contributed by atoms with Gasteiger partial charge in [0, 0.05) is 25.2 Å². The molecule has 0 saturated heterocycles. The summed E-state index contributed by atoms with van der Waals surface area (Å²) in [6.45, 7) is 5.69. The second kappa shape index (κ2) is 9.08. The number of sulfonamides is 1. The van der Waals surface area contributed by atoms with Crippen LogP contribution in [0.1, 0.15) is 58.8 Å². The molecule has 1 aliphatic rings. The van der Waals surface area contributed by atoms with Crippen LogP contribution in [0.25, 0.3) is 0 Å². The summed E-state index contributed by atoms with van der Waals surface area (Å²) >= 11 is 0. The third kappa shape index (κ3) is 5.20. The van der Waals surface area contributed by atoms with Gasteiger partial charge >= 0.3 is 0 Å². The molecule has 0 spiro atoms. The zero-order valence-corrected chi connectivity index (χ0v) is 14.5. The minimum absolute atomic E-state index is 0.0581. The molecule has 2 N–H and O–H groups in total. The molecule has 1 rings (SSSR count). The Bertz CT molecular complexity index is 376. The van der Waals surface area contributed by atoms with Crippen LogP contribution in [-0.4, -0.2) is 50.3 Å². The smallest absolute Gasteiger partial charge is 0.216 e. The average Bonchev–Trinajstić information content (AvgIpc) is 2.71. The van der Waals surface area contributed by atoms with E-state index in [2.05, 4.69) is 0 Å². The highest BCUT2D eigenvalue weighted by molar-refractivity contribution is 7.89. The number of ether oxygens (including phenoxy) is 1. The van der Waals surface area contributed by atoms with Crippen LogP contribution in [0.3, 0.4) is 0 Å². The molecule has 1 aliphatic carbocycles. The summed E-state index contributed by atoms with van der Waals surface area (Å²) in [7, 11) is -3.31. The molecule has 1 fully saturated rings. The summed E-state index contributed by atoms with van der Waals surface area (Å²) in [5, 5.41) is 0. The molecular weight excluding hydrogens is 288 g/mol. The van der Waals surface area contributed by atoms with E-state index in [1.807, 2.05) is 13.8 Å². The molecule has 0 bridgehead atoms. The van der Waals surface area contributed by atoms with Crippen molar-refractivity contribution in [1.29, 1.82) is 0 Å². The Hall–Kier alpha value is -0.170. The second-order valence-electron chi connectivity index (χ2n) is 5.93. The van der Waals surface area contributed by atoms with Gasteiger partial charge in [-0.05, 0) is 26.2 Å². The first-order chi connectivity index (χ1) is 10.0. The lowest BCUT2D eigenvalue weighted by Gasteiger charge is -2.42. The summed E-state index contributed by atoms with van der Waals surface area (Å²) in [5.41, 5.74) is 5.68. The maximum Gasteiger partial charge on any atom is 0.216 e. The fourth-order valence-electron chi connectivity index (χ4n) is 3.24. The van der Waals surface area contributed by atoms with Gasteiger partial charge in [-0.15, -0.1) is 0 Å². The van der Waals surface area contributed by atoms with Crippen LogP contribution in [0.5, 0.6) is 0 Å². The lowest BCUT2D eigenvalue weighted by Crippen LogP contribution is -2.57. The monoisotopic (exact) mass is 320 g/mol. The van der Waals surface area contributed by atoms with E-state index in [0.29, 0.717) is 19.7 Å². The molecule has 0 aromatic rings. The highest BCUT2D eigenvalue weighted by atomic mass is 32.2. The van der Waals surface area contributed by atoms with Gasteiger partial charge in [-0.1, -0.05) is 32.6 Å². The van der Waals surface area contributed by atoms with E-state index >= 15 is 0 Å². The Morgan fingerprint density at radius 2 is 1.76 bits per heavy atom. The number of nitrogens with zero attached hydrogens (tertiary/aromatic N) is 1. The minimum Gasteiger partial charge on any atom is -0.381 e. The van der Waals surface area contributed by atoms with Gasteiger partial charge in [0.1, 0.15) is 0 Å². The van der Waals surface area contributed by atoms with E-state index in [9.17, 15) is 8.42 Å². The number of hydrogen-bond donors (Lipinski definition) is 1. The van der Waals surface area contributed by atoms with Crippen molar-refractivity contribution in [3.8, 4) is 0 Å². The first kappa shape index (κ1) is 18.9. The van der Waals surface area contributed by atoms with Gasteiger partial charge in [0.15, 0.2) is 0 Å². The minimum atomic E-state index is -3.31. The van der Waals surface area contributed by atoms with E-state index in [1.165, 1.54) is 12.8 Å². The van der Waals surface area contributed by atoms with Crippen LogP contribution >= 0.6 is 0 Å². The first-order valence-electron chi connectivity index (χ1n) is 8.30. The Labute approximate surface area is 130 Å². The van der Waals surface area contributed by atoms with Crippen molar-refractivity contribution < 1.29 is 13.2 Å². The van der Waals surface area contributed by atoms with Gasteiger partial charge in [0.05, 0.1) is 12.4 Å². The Morgan fingerprint density at radius 3 is 2.24 bits per heavy atom. The van der Waals surface area contributed by atoms with Crippen LogP contribution in [0.15, 0.2) is 0 Å². The number of rotatable bonds is 9. The topological polar surface area (TPSA) is 72.6 Å². The molecule has 0 aromatic heterocycles. The maximum absolute atomic E-state index is 12.8. The summed E-state index contributed by atoms with van der Waals surface area (Å²) in [6, 6.07) is 0. The molecule has 126 valence electrons. The van der Waals surface area contributed by atoms with E-state index in [1.54, 1.807) is 4.31 Å². The van der Waals surface area contributed by atoms with E-state index in [-0.39, 0.29) is 17.9 Å². The van der Waals surface area contributed by atoms with Crippen LogP contribution < -0.4 is 5.73 Å². The predicted octanol–water partition coefficient (Wildman–Crippen LogP) is 2.12. The van der Waals surface area contributed by atoms with Crippen molar-refractivity contribution in [3.05, 3.63) is 0 Å². The fraction of sp³-hybridized carbons (Fsp3) is 1.00. The van der Waals surface area contributed by atoms with Gasteiger partial charge in [-0.25, -0.2) is 8.42 Å². The quantitative estimate of drug-likeness (QED) is 0.522. The predicted molar refractivity (Wildman–Crippen MR) is 86.8 cm³/mol. The molecule has 0 amide bonds. The Kier molecular flexibility index (Phi) is 8.16. The van der Waals surface area contributed by atoms with Crippen LogP contribution in [0, 0.1) is 0 Å².